The molecule has 0 aromatic heterocycles. The first-order valence-electron chi connectivity index (χ1n) is 7.30. The van der Waals surface area contributed by atoms with Crippen molar-refractivity contribution in [2.45, 2.75) is 33.7 Å². The molecule has 0 aliphatic rings. The van der Waals surface area contributed by atoms with Crippen molar-refractivity contribution in [2.75, 3.05) is 26.8 Å². The number of nitrogens with zero attached hydrogens (tertiary/aromatic N) is 2. The number of benzene rings is 1. The van der Waals surface area contributed by atoms with E-state index in [9.17, 15) is 0 Å². The average molecular weight is 290 g/mol. The number of hydrogen-bond donors (Lipinski definition) is 1. The summed E-state index contributed by atoms with van der Waals surface area (Å²) in [4.78, 5) is 2.32. The summed E-state index contributed by atoms with van der Waals surface area (Å²) >= 11 is 0. The van der Waals surface area contributed by atoms with Crippen LogP contribution in [0.1, 0.15) is 38.3 Å². The second-order valence-electron chi connectivity index (χ2n) is 6.49. The predicted molar refractivity (Wildman–Crippen MR) is 84.1 cm³/mol. The zero-order chi connectivity index (χ0) is 15.9. The van der Waals surface area contributed by atoms with Crippen molar-refractivity contribution < 1.29 is 9.84 Å². The molecular formula is C17H26N2O2. The molecule has 0 radical (unpaired) electrons. The van der Waals surface area contributed by atoms with E-state index in [0.717, 1.165) is 31.6 Å². The molecule has 1 N–H and O–H groups in total. The van der Waals surface area contributed by atoms with Gasteiger partial charge in [-0.1, -0.05) is 26.8 Å². The van der Waals surface area contributed by atoms with Crippen molar-refractivity contribution in [1.29, 1.82) is 5.26 Å². The SMILES string of the molecule is COc1ccc(CN(CCCO)CC(C)(C)C)cc1C#N. The number of nitriles is 1. The highest BCUT2D eigenvalue weighted by molar-refractivity contribution is 5.45. The van der Waals surface area contributed by atoms with E-state index in [1.807, 2.05) is 18.2 Å². The molecular weight excluding hydrogens is 264 g/mol. The van der Waals surface area contributed by atoms with E-state index >= 15 is 0 Å². The van der Waals surface area contributed by atoms with E-state index < -0.39 is 0 Å². The molecule has 0 saturated carbocycles. The molecule has 0 heterocycles. The van der Waals surface area contributed by atoms with Gasteiger partial charge in [0.2, 0.25) is 0 Å². The second-order valence-corrected chi connectivity index (χ2v) is 6.49. The van der Waals surface area contributed by atoms with Crippen LogP contribution in [0.3, 0.4) is 0 Å². The molecule has 1 aromatic rings. The summed E-state index contributed by atoms with van der Waals surface area (Å²) in [5.74, 6) is 0.610. The van der Waals surface area contributed by atoms with Gasteiger partial charge < -0.3 is 9.84 Å². The van der Waals surface area contributed by atoms with Crippen molar-refractivity contribution in [2.24, 2.45) is 5.41 Å². The third-order valence-corrected chi connectivity index (χ3v) is 3.12. The first-order valence-corrected chi connectivity index (χ1v) is 7.30. The topological polar surface area (TPSA) is 56.5 Å². The number of aliphatic hydroxyl groups is 1. The van der Waals surface area contributed by atoms with Gasteiger partial charge in [0, 0.05) is 26.2 Å². The third-order valence-electron chi connectivity index (χ3n) is 3.12. The standard InChI is InChI=1S/C17H26N2O2/c1-17(2,3)13-19(8-5-9-20)12-14-6-7-16(21-4)15(10-14)11-18/h6-7,10,20H,5,8-9,12-13H2,1-4H3. The molecule has 0 spiro atoms. The van der Waals surface area contributed by atoms with Crippen molar-refractivity contribution >= 4 is 0 Å². The van der Waals surface area contributed by atoms with Crippen molar-refractivity contribution in [1.82, 2.24) is 4.90 Å². The maximum atomic E-state index is 9.16. The maximum Gasteiger partial charge on any atom is 0.136 e. The molecule has 0 aliphatic carbocycles. The molecule has 0 aliphatic heterocycles. The summed E-state index contributed by atoms with van der Waals surface area (Å²) in [6.07, 6.45) is 0.761. The Kier molecular flexibility index (Phi) is 6.67. The summed E-state index contributed by atoms with van der Waals surface area (Å²) in [6.45, 7) is 9.38. The molecule has 0 amide bonds. The van der Waals surface area contributed by atoms with Gasteiger partial charge in [0.1, 0.15) is 11.8 Å². The summed E-state index contributed by atoms with van der Waals surface area (Å²) in [5.41, 5.74) is 1.85. The highest BCUT2D eigenvalue weighted by Crippen LogP contribution is 2.22. The Labute approximate surface area is 128 Å². The minimum Gasteiger partial charge on any atom is -0.495 e. The normalized spacial score (nSPS) is 11.5. The van der Waals surface area contributed by atoms with Crippen LogP contribution in [0, 0.1) is 16.7 Å². The van der Waals surface area contributed by atoms with Crippen LogP contribution in [0.15, 0.2) is 18.2 Å². The molecule has 0 fully saturated rings. The first-order chi connectivity index (χ1) is 9.89. The molecule has 0 unspecified atom stereocenters. The van der Waals surface area contributed by atoms with Crippen LogP contribution in [0.2, 0.25) is 0 Å². The molecule has 0 atom stereocenters. The van der Waals surface area contributed by atoms with Gasteiger partial charge in [0.25, 0.3) is 0 Å². The van der Waals surface area contributed by atoms with Crippen LogP contribution in [0.4, 0.5) is 0 Å². The molecule has 21 heavy (non-hydrogen) atoms. The van der Waals surface area contributed by atoms with Gasteiger partial charge in [-0.25, -0.2) is 0 Å². The Morgan fingerprint density at radius 1 is 1.33 bits per heavy atom. The first kappa shape index (κ1) is 17.5. The van der Waals surface area contributed by atoms with Crippen molar-refractivity contribution in [3.8, 4) is 11.8 Å². The van der Waals surface area contributed by atoms with Gasteiger partial charge in [0.15, 0.2) is 0 Å². The summed E-state index contributed by atoms with van der Waals surface area (Å²) in [5, 5.41) is 18.2. The third kappa shape index (κ3) is 6.16. The van der Waals surface area contributed by atoms with Gasteiger partial charge in [0.05, 0.1) is 12.7 Å². The summed E-state index contributed by atoms with van der Waals surface area (Å²) in [7, 11) is 1.57. The maximum absolute atomic E-state index is 9.16. The lowest BCUT2D eigenvalue weighted by molar-refractivity contribution is 0.166. The molecule has 1 aromatic carbocycles. The van der Waals surface area contributed by atoms with Gasteiger partial charge in [-0.15, -0.1) is 0 Å². The smallest absolute Gasteiger partial charge is 0.136 e. The Bertz CT molecular complexity index is 487. The number of rotatable bonds is 7. The lowest BCUT2D eigenvalue weighted by atomic mass is 9.95. The van der Waals surface area contributed by atoms with E-state index in [1.54, 1.807) is 7.11 Å². The largest absolute Gasteiger partial charge is 0.495 e. The Hall–Kier alpha value is -1.57. The number of aliphatic hydroxyl groups excluding tert-OH is 1. The highest BCUT2D eigenvalue weighted by Gasteiger charge is 2.17. The van der Waals surface area contributed by atoms with E-state index in [-0.39, 0.29) is 12.0 Å². The van der Waals surface area contributed by atoms with Gasteiger partial charge in [-0.2, -0.15) is 5.26 Å². The molecule has 1 rings (SSSR count). The van der Waals surface area contributed by atoms with Gasteiger partial charge >= 0.3 is 0 Å². The molecule has 4 nitrogen and oxygen atoms in total. The molecule has 0 bridgehead atoms. The van der Waals surface area contributed by atoms with Crippen LogP contribution >= 0.6 is 0 Å². The summed E-state index contributed by atoms with van der Waals surface area (Å²) in [6, 6.07) is 7.89. The van der Waals surface area contributed by atoms with E-state index in [4.69, 9.17) is 15.1 Å². The lowest BCUT2D eigenvalue weighted by Gasteiger charge is -2.30. The minimum absolute atomic E-state index is 0.194. The van der Waals surface area contributed by atoms with Crippen molar-refractivity contribution in [3.05, 3.63) is 29.3 Å². The van der Waals surface area contributed by atoms with E-state index in [0.29, 0.717) is 11.3 Å². The monoisotopic (exact) mass is 290 g/mol. The fraction of sp³-hybridized carbons (Fsp3) is 0.588. The fourth-order valence-electron chi connectivity index (χ4n) is 2.38. The lowest BCUT2D eigenvalue weighted by Crippen LogP contribution is -2.33. The summed E-state index contributed by atoms with van der Waals surface area (Å²) < 4.78 is 5.17. The molecule has 4 heteroatoms. The number of methoxy groups -OCH3 is 1. The van der Waals surface area contributed by atoms with Crippen LogP contribution < -0.4 is 4.74 Å². The second kappa shape index (κ2) is 8.02. The quantitative estimate of drug-likeness (QED) is 0.839. The van der Waals surface area contributed by atoms with E-state index in [2.05, 4.69) is 31.7 Å². The Balaban J connectivity index is 2.85. The molecule has 0 saturated heterocycles. The van der Waals surface area contributed by atoms with Crippen LogP contribution in [-0.4, -0.2) is 36.8 Å². The fourth-order valence-corrected chi connectivity index (χ4v) is 2.38. The number of ether oxygens (including phenoxy) is 1. The number of hydrogen-bond acceptors (Lipinski definition) is 4. The van der Waals surface area contributed by atoms with Crippen LogP contribution in [-0.2, 0) is 6.54 Å². The van der Waals surface area contributed by atoms with Crippen LogP contribution in [0.25, 0.3) is 0 Å². The zero-order valence-electron chi connectivity index (χ0n) is 13.5. The van der Waals surface area contributed by atoms with Gasteiger partial charge in [-0.3, -0.25) is 4.90 Å². The Morgan fingerprint density at radius 3 is 2.57 bits per heavy atom. The van der Waals surface area contributed by atoms with E-state index in [1.165, 1.54) is 0 Å². The van der Waals surface area contributed by atoms with Gasteiger partial charge in [-0.05, 0) is 29.5 Å². The predicted octanol–water partition coefficient (Wildman–Crippen LogP) is 2.80. The minimum atomic E-state index is 0.194. The highest BCUT2D eigenvalue weighted by atomic mass is 16.5. The zero-order valence-corrected chi connectivity index (χ0v) is 13.5. The van der Waals surface area contributed by atoms with Crippen LogP contribution in [0.5, 0.6) is 5.75 Å². The molecule has 116 valence electrons. The average Bonchev–Trinajstić information content (AvgIpc) is 2.43. The Morgan fingerprint density at radius 2 is 2.05 bits per heavy atom. The van der Waals surface area contributed by atoms with Crippen molar-refractivity contribution in [3.63, 3.8) is 0 Å².